The van der Waals surface area contributed by atoms with Crippen molar-refractivity contribution in [1.82, 2.24) is 15.5 Å². The third-order valence-corrected chi connectivity index (χ3v) is 5.49. The zero-order valence-electron chi connectivity index (χ0n) is 19.8. The zero-order chi connectivity index (χ0) is 22.3. The van der Waals surface area contributed by atoms with Crippen LogP contribution in [-0.2, 0) is 29.2 Å². The molecule has 1 heterocycles. The molecule has 0 saturated carbocycles. The number of unbranched alkanes of at least 4 members (excludes halogenated alkanes) is 1. The summed E-state index contributed by atoms with van der Waals surface area (Å²) in [6.07, 6.45) is 2.08. The highest BCUT2D eigenvalue weighted by Gasteiger charge is 2.12. The molecule has 0 aromatic heterocycles. The standard InChI is InChI=1S/C26H38N4O2.HI/c1-2-27-26(28-14-8-9-17-32-22-23-10-4-3-5-11-23)29-20-24-12-6-7-13-25(24)21-30-15-18-31-19-16-30;/h3-7,10-13H,2,8-9,14-22H2,1H3,(H2,27,28,29);1H. The summed E-state index contributed by atoms with van der Waals surface area (Å²) < 4.78 is 11.2. The van der Waals surface area contributed by atoms with Crippen LogP contribution >= 0.6 is 24.0 Å². The monoisotopic (exact) mass is 566 g/mol. The van der Waals surface area contributed by atoms with Crippen molar-refractivity contribution in [2.24, 2.45) is 4.99 Å². The molecular formula is C26H39IN4O2. The maximum atomic E-state index is 5.77. The van der Waals surface area contributed by atoms with E-state index in [-0.39, 0.29) is 24.0 Å². The lowest BCUT2D eigenvalue weighted by Gasteiger charge is -2.27. The van der Waals surface area contributed by atoms with Crippen LogP contribution in [0.4, 0.5) is 0 Å². The van der Waals surface area contributed by atoms with Crippen LogP contribution in [-0.4, -0.2) is 56.9 Å². The van der Waals surface area contributed by atoms with Gasteiger partial charge in [-0.2, -0.15) is 0 Å². The summed E-state index contributed by atoms with van der Waals surface area (Å²) in [5.41, 5.74) is 3.86. The highest BCUT2D eigenvalue weighted by molar-refractivity contribution is 14.0. The molecule has 0 atom stereocenters. The average Bonchev–Trinajstić information content (AvgIpc) is 2.84. The van der Waals surface area contributed by atoms with Gasteiger partial charge in [0.15, 0.2) is 5.96 Å². The van der Waals surface area contributed by atoms with Gasteiger partial charge in [0.05, 0.1) is 26.4 Å². The maximum absolute atomic E-state index is 5.77. The van der Waals surface area contributed by atoms with Gasteiger partial charge >= 0.3 is 0 Å². The van der Waals surface area contributed by atoms with E-state index in [0.717, 1.165) is 71.3 Å². The predicted octanol–water partition coefficient (Wildman–Crippen LogP) is 4.19. The van der Waals surface area contributed by atoms with Crippen LogP contribution < -0.4 is 10.6 Å². The van der Waals surface area contributed by atoms with Crippen molar-refractivity contribution in [1.29, 1.82) is 0 Å². The lowest BCUT2D eigenvalue weighted by molar-refractivity contribution is 0.0341. The number of hydrogen-bond acceptors (Lipinski definition) is 4. The Morgan fingerprint density at radius 1 is 0.970 bits per heavy atom. The van der Waals surface area contributed by atoms with E-state index < -0.39 is 0 Å². The Bertz CT molecular complexity index is 798. The number of hydrogen-bond donors (Lipinski definition) is 2. The summed E-state index contributed by atoms with van der Waals surface area (Å²) in [4.78, 5) is 7.28. The van der Waals surface area contributed by atoms with Crippen molar-refractivity contribution in [3.8, 4) is 0 Å². The smallest absolute Gasteiger partial charge is 0.191 e. The Kier molecular flexibility index (Phi) is 14.1. The number of benzene rings is 2. The average molecular weight is 567 g/mol. The van der Waals surface area contributed by atoms with E-state index in [4.69, 9.17) is 14.5 Å². The third kappa shape index (κ3) is 10.9. The normalized spacial score (nSPS) is 14.5. The number of aliphatic imine (C=N–C) groups is 1. The van der Waals surface area contributed by atoms with Crippen molar-refractivity contribution in [3.05, 3.63) is 71.3 Å². The van der Waals surface area contributed by atoms with E-state index >= 15 is 0 Å². The molecule has 2 N–H and O–H groups in total. The predicted molar refractivity (Wildman–Crippen MR) is 146 cm³/mol. The van der Waals surface area contributed by atoms with Gasteiger partial charge in [0.25, 0.3) is 0 Å². The first kappa shape index (κ1) is 27.6. The minimum Gasteiger partial charge on any atom is -0.379 e. The molecule has 1 saturated heterocycles. The topological polar surface area (TPSA) is 58.1 Å². The van der Waals surface area contributed by atoms with Crippen molar-refractivity contribution in [3.63, 3.8) is 0 Å². The first-order valence-corrected chi connectivity index (χ1v) is 11.9. The molecule has 0 spiro atoms. The second-order valence-corrected chi connectivity index (χ2v) is 8.02. The van der Waals surface area contributed by atoms with Crippen LogP contribution in [0.25, 0.3) is 0 Å². The number of halogens is 1. The fourth-order valence-corrected chi connectivity index (χ4v) is 3.67. The number of rotatable bonds is 12. The number of guanidine groups is 1. The summed E-state index contributed by atoms with van der Waals surface area (Å²) in [5.74, 6) is 0.874. The van der Waals surface area contributed by atoms with Crippen LogP contribution in [0.1, 0.15) is 36.5 Å². The van der Waals surface area contributed by atoms with Crippen LogP contribution in [0.3, 0.4) is 0 Å². The molecule has 0 amide bonds. The van der Waals surface area contributed by atoms with Gasteiger partial charge in [0.2, 0.25) is 0 Å². The quantitative estimate of drug-likeness (QED) is 0.175. The van der Waals surface area contributed by atoms with Crippen molar-refractivity contribution >= 4 is 29.9 Å². The molecule has 0 unspecified atom stereocenters. The highest BCUT2D eigenvalue weighted by atomic mass is 127. The molecular weight excluding hydrogens is 527 g/mol. The SMILES string of the molecule is CCNC(=NCc1ccccc1CN1CCOCC1)NCCCCOCc1ccccc1.I. The van der Waals surface area contributed by atoms with Crippen LogP contribution in [0.2, 0.25) is 0 Å². The van der Waals surface area contributed by atoms with E-state index in [2.05, 4.69) is 58.9 Å². The summed E-state index contributed by atoms with van der Waals surface area (Å²) in [7, 11) is 0. The number of nitrogens with zero attached hydrogens (tertiary/aromatic N) is 2. The Morgan fingerprint density at radius 2 is 1.70 bits per heavy atom. The van der Waals surface area contributed by atoms with Gasteiger partial charge in [-0.3, -0.25) is 4.90 Å². The molecule has 1 aliphatic heterocycles. The third-order valence-electron chi connectivity index (χ3n) is 5.49. The van der Waals surface area contributed by atoms with Gasteiger partial charge in [0, 0.05) is 39.3 Å². The van der Waals surface area contributed by atoms with Gasteiger partial charge in [-0.15, -0.1) is 24.0 Å². The first-order valence-electron chi connectivity index (χ1n) is 11.9. The van der Waals surface area contributed by atoms with Crippen LogP contribution in [0.5, 0.6) is 0 Å². The second-order valence-electron chi connectivity index (χ2n) is 8.02. The summed E-state index contributed by atoms with van der Waals surface area (Å²) in [6, 6.07) is 18.9. The van der Waals surface area contributed by atoms with Crippen molar-refractivity contribution < 1.29 is 9.47 Å². The van der Waals surface area contributed by atoms with Gasteiger partial charge in [-0.05, 0) is 36.5 Å². The zero-order valence-corrected chi connectivity index (χ0v) is 22.1. The van der Waals surface area contributed by atoms with Gasteiger partial charge in [-0.1, -0.05) is 54.6 Å². The molecule has 0 bridgehead atoms. The molecule has 33 heavy (non-hydrogen) atoms. The lowest BCUT2D eigenvalue weighted by atomic mass is 10.1. The molecule has 3 rings (SSSR count). The molecule has 2 aromatic rings. The van der Waals surface area contributed by atoms with E-state index in [1.54, 1.807) is 0 Å². The van der Waals surface area contributed by atoms with Gasteiger partial charge in [0.1, 0.15) is 0 Å². The molecule has 1 aliphatic rings. The Labute approximate surface area is 216 Å². The van der Waals surface area contributed by atoms with E-state index in [9.17, 15) is 0 Å². The fourth-order valence-electron chi connectivity index (χ4n) is 3.67. The number of morpholine rings is 1. The summed E-state index contributed by atoms with van der Waals surface area (Å²) >= 11 is 0. The molecule has 7 heteroatoms. The summed E-state index contributed by atoms with van der Waals surface area (Å²) in [6.45, 7) is 10.6. The number of nitrogens with one attached hydrogen (secondary N) is 2. The molecule has 182 valence electrons. The van der Waals surface area contributed by atoms with E-state index in [1.165, 1.54) is 16.7 Å². The van der Waals surface area contributed by atoms with Gasteiger partial charge in [-0.25, -0.2) is 4.99 Å². The maximum Gasteiger partial charge on any atom is 0.191 e. The molecule has 6 nitrogen and oxygen atoms in total. The Morgan fingerprint density at radius 3 is 2.45 bits per heavy atom. The highest BCUT2D eigenvalue weighted by Crippen LogP contribution is 2.14. The van der Waals surface area contributed by atoms with Crippen molar-refractivity contribution in [2.75, 3.05) is 46.0 Å². The van der Waals surface area contributed by atoms with Crippen molar-refractivity contribution in [2.45, 2.75) is 39.5 Å². The Hall–Kier alpha value is -1.68. The minimum absolute atomic E-state index is 0. The second kappa shape index (κ2) is 16.9. The van der Waals surface area contributed by atoms with E-state index in [0.29, 0.717) is 13.2 Å². The van der Waals surface area contributed by atoms with Crippen LogP contribution in [0, 0.1) is 0 Å². The fraction of sp³-hybridized carbons (Fsp3) is 0.500. The molecule has 0 radical (unpaired) electrons. The largest absolute Gasteiger partial charge is 0.379 e. The number of ether oxygens (including phenoxy) is 2. The first-order chi connectivity index (χ1) is 15.8. The van der Waals surface area contributed by atoms with Gasteiger partial charge < -0.3 is 20.1 Å². The lowest BCUT2D eigenvalue weighted by Crippen LogP contribution is -2.38. The molecule has 0 aliphatic carbocycles. The minimum atomic E-state index is 0. The molecule has 1 fully saturated rings. The molecule has 2 aromatic carbocycles. The summed E-state index contributed by atoms with van der Waals surface area (Å²) in [5, 5.41) is 6.81. The van der Waals surface area contributed by atoms with Crippen LogP contribution in [0.15, 0.2) is 59.6 Å². The Balaban J connectivity index is 0.00000385. The van der Waals surface area contributed by atoms with E-state index in [1.807, 2.05) is 18.2 Å².